The zero-order valence-electron chi connectivity index (χ0n) is 15.2. The molecule has 0 bridgehead atoms. The van der Waals surface area contributed by atoms with Crippen LogP contribution in [0, 0.1) is 5.92 Å². The summed E-state index contributed by atoms with van der Waals surface area (Å²) in [6.45, 7) is 4.42. The van der Waals surface area contributed by atoms with Crippen molar-refractivity contribution in [3.05, 3.63) is 35.9 Å². The van der Waals surface area contributed by atoms with Crippen LogP contribution in [0.5, 0.6) is 5.88 Å². The highest BCUT2D eigenvalue weighted by atomic mass is 16.5. The van der Waals surface area contributed by atoms with E-state index < -0.39 is 0 Å². The largest absolute Gasteiger partial charge is 0.481 e. The molecule has 0 saturated carbocycles. The lowest BCUT2D eigenvalue weighted by Gasteiger charge is -2.36. The Labute approximate surface area is 153 Å². The fourth-order valence-corrected chi connectivity index (χ4v) is 4.15. The number of carbonyl (C=O) groups excluding carboxylic acids is 1. The van der Waals surface area contributed by atoms with Gasteiger partial charge in [0.2, 0.25) is 11.8 Å². The van der Waals surface area contributed by atoms with Crippen molar-refractivity contribution < 1.29 is 13.9 Å². The number of furan rings is 1. The number of fused-ring (bicyclic) bond motifs is 1. The summed E-state index contributed by atoms with van der Waals surface area (Å²) in [4.78, 5) is 26.2. The van der Waals surface area contributed by atoms with E-state index in [9.17, 15) is 4.79 Å². The van der Waals surface area contributed by atoms with Crippen molar-refractivity contribution in [2.24, 2.45) is 5.92 Å². The minimum absolute atomic E-state index is 0.0821. The molecule has 2 fully saturated rings. The predicted octanol–water partition coefficient (Wildman–Crippen LogP) is 2.38. The summed E-state index contributed by atoms with van der Waals surface area (Å²) in [5.41, 5.74) is 0.698. The topological polar surface area (TPSA) is 71.7 Å². The zero-order valence-corrected chi connectivity index (χ0v) is 15.2. The lowest BCUT2D eigenvalue weighted by molar-refractivity contribution is 0.0573. The van der Waals surface area contributed by atoms with Gasteiger partial charge >= 0.3 is 0 Å². The summed E-state index contributed by atoms with van der Waals surface area (Å²) in [6.07, 6.45) is 6.20. The van der Waals surface area contributed by atoms with Crippen molar-refractivity contribution in [3.63, 3.8) is 0 Å². The van der Waals surface area contributed by atoms with E-state index in [0.29, 0.717) is 23.3 Å². The Morgan fingerprint density at radius 2 is 2.27 bits per heavy atom. The van der Waals surface area contributed by atoms with Crippen LogP contribution in [-0.2, 0) is 6.42 Å². The third-order valence-corrected chi connectivity index (χ3v) is 5.45. The highest BCUT2D eigenvalue weighted by molar-refractivity contribution is 5.95. The molecule has 0 aliphatic carbocycles. The highest BCUT2D eigenvalue weighted by Crippen LogP contribution is 2.33. The molecule has 2 saturated heterocycles. The molecule has 0 radical (unpaired) electrons. The second-order valence-electron chi connectivity index (χ2n) is 6.88. The van der Waals surface area contributed by atoms with Crippen LogP contribution in [0.4, 0.5) is 5.95 Å². The number of carbonyl (C=O) groups is 1. The maximum absolute atomic E-state index is 13.1. The van der Waals surface area contributed by atoms with Gasteiger partial charge in [0.25, 0.3) is 5.91 Å². The molecule has 0 aromatic carbocycles. The van der Waals surface area contributed by atoms with E-state index in [1.165, 1.54) is 0 Å². The minimum Gasteiger partial charge on any atom is -0.481 e. The predicted molar refractivity (Wildman–Crippen MR) is 96.4 cm³/mol. The summed E-state index contributed by atoms with van der Waals surface area (Å²) in [5.74, 6) is 2.52. The number of rotatable bonds is 4. The number of aryl methyl sites for hydroxylation is 1. The van der Waals surface area contributed by atoms with Gasteiger partial charge in [-0.05, 0) is 24.8 Å². The zero-order chi connectivity index (χ0) is 18.1. The lowest BCUT2D eigenvalue weighted by atomic mass is 9.91. The molecular formula is C19H24N4O3. The number of methoxy groups -OCH3 is 1. The number of anilines is 1. The van der Waals surface area contributed by atoms with Gasteiger partial charge in [0.05, 0.1) is 25.0 Å². The Morgan fingerprint density at radius 1 is 1.38 bits per heavy atom. The molecule has 0 unspecified atom stereocenters. The molecule has 4 heterocycles. The average Bonchev–Trinajstić information content (AvgIpc) is 3.33. The molecule has 26 heavy (non-hydrogen) atoms. The maximum atomic E-state index is 13.1. The molecule has 2 aliphatic heterocycles. The van der Waals surface area contributed by atoms with Gasteiger partial charge < -0.3 is 19.0 Å². The van der Waals surface area contributed by atoms with Crippen LogP contribution in [0.15, 0.2) is 29.0 Å². The van der Waals surface area contributed by atoms with Crippen LogP contribution in [-0.4, -0.2) is 53.6 Å². The number of aromatic nitrogens is 2. The minimum atomic E-state index is 0.0821. The van der Waals surface area contributed by atoms with Gasteiger partial charge in [-0.2, -0.15) is 4.98 Å². The molecule has 2 atom stereocenters. The number of amides is 1. The van der Waals surface area contributed by atoms with E-state index in [4.69, 9.17) is 9.15 Å². The molecule has 2 aromatic rings. The number of nitrogens with zero attached hydrogens (tertiary/aromatic N) is 4. The second kappa shape index (κ2) is 6.97. The van der Waals surface area contributed by atoms with Crippen molar-refractivity contribution >= 4 is 11.9 Å². The standard InChI is InChI=1S/C19H24N4O3/c1-3-16-14(7-10-26-16)18(24)23-9-4-5-13-11-22(12-15(13)23)19-20-8-6-17(21-19)25-2/h6-8,10,13,15H,3-5,9,11-12H2,1-2H3/t13-,15+/m0/s1. The molecule has 1 amide bonds. The lowest BCUT2D eigenvalue weighted by Crippen LogP contribution is -2.48. The van der Waals surface area contributed by atoms with Gasteiger partial charge in [-0.3, -0.25) is 4.79 Å². The van der Waals surface area contributed by atoms with Crippen molar-refractivity contribution in [1.82, 2.24) is 14.9 Å². The summed E-state index contributed by atoms with van der Waals surface area (Å²) in [6, 6.07) is 3.72. The third-order valence-electron chi connectivity index (χ3n) is 5.45. The van der Waals surface area contributed by atoms with Crippen LogP contribution in [0.2, 0.25) is 0 Å². The van der Waals surface area contributed by atoms with Gasteiger partial charge in [0.15, 0.2) is 0 Å². The molecule has 2 aromatic heterocycles. The first-order valence-electron chi connectivity index (χ1n) is 9.20. The molecule has 0 N–H and O–H groups in total. The summed E-state index contributed by atoms with van der Waals surface area (Å²) in [5, 5.41) is 0. The van der Waals surface area contributed by atoms with Gasteiger partial charge in [-0.15, -0.1) is 0 Å². The molecule has 7 heteroatoms. The molecular weight excluding hydrogens is 332 g/mol. The molecule has 7 nitrogen and oxygen atoms in total. The molecule has 0 spiro atoms. The van der Waals surface area contributed by atoms with E-state index in [2.05, 4.69) is 14.9 Å². The van der Waals surface area contributed by atoms with Crippen LogP contribution >= 0.6 is 0 Å². The molecule has 4 rings (SSSR count). The number of hydrogen-bond acceptors (Lipinski definition) is 6. The normalized spacial score (nSPS) is 22.4. The van der Waals surface area contributed by atoms with E-state index >= 15 is 0 Å². The Morgan fingerprint density at radius 3 is 3.08 bits per heavy atom. The van der Waals surface area contributed by atoms with Gasteiger partial charge in [0.1, 0.15) is 5.76 Å². The van der Waals surface area contributed by atoms with E-state index in [-0.39, 0.29) is 11.9 Å². The number of piperidine rings is 1. The first-order chi connectivity index (χ1) is 12.7. The molecule has 2 aliphatic rings. The van der Waals surface area contributed by atoms with Crippen LogP contribution in [0.25, 0.3) is 0 Å². The highest BCUT2D eigenvalue weighted by Gasteiger charge is 2.42. The van der Waals surface area contributed by atoms with E-state index in [0.717, 1.165) is 44.7 Å². The smallest absolute Gasteiger partial charge is 0.257 e. The molecule has 138 valence electrons. The van der Waals surface area contributed by atoms with Crippen molar-refractivity contribution in [1.29, 1.82) is 0 Å². The first kappa shape index (κ1) is 16.9. The summed E-state index contributed by atoms with van der Waals surface area (Å²) >= 11 is 0. The van der Waals surface area contributed by atoms with Crippen molar-refractivity contribution in [2.75, 3.05) is 31.6 Å². The van der Waals surface area contributed by atoms with E-state index in [1.807, 2.05) is 11.8 Å². The summed E-state index contributed by atoms with van der Waals surface area (Å²) < 4.78 is 10.7. The van der Waals surface area contributed by atoms with Gasteiger partial charge in [-0.25, -0.2) is 4.98 Å². The maximum Gasteiger partial charge on any atom is 0.257 e. The monoisotopic (exact) mass is 356 g/mol. The number of likely N-dealkylation sites (tertiary alicyclic amines) is 1. The third kappa shape index (κ3) is 2.91. The Balaban J connectivity index is 1.55. The number of hydrogen-bond donors (Lipinski definition) is 0. The van der Waals surface area contributed by atoms with Crippen LogP contribution in [0.3, 0.4) is 0 Å². The Hall–Kier alpha value is -2.57. The number of ether oxygens (including phenoxy) is 1. The van der Waals surface area contributed by atoms with Gasteiger partial charge in [-0.1, -0.05) is 6.92 Å². The first-order valence-corrected chi connectivity index (χ1v) is 9.20. The fraction of sp³-hybridized carbons (Fsp3) is 0.526. The van der Waals surface area contributed by atoms with Gasteiger partial charge in [0, 0.05) is 38.3 Å². The van der Waals surface area contributed by atoms with E-state index in [1.54, 1.807) is 31.7 Å². The Bertz CT molecular complexity index is 791. The average molecular weight is 356 g/mol. The van der Waals surface area contributed by atoms with Crippen molar-refractivity contribution in [2.45, 2.75) is 32.2 Å². The quantitative estimate of drug-likeness (QED) is 0.838. The second-order valence-corrected chi connectivity index (χ2v) is 6.88. The fourth-order valence-electron chi connectivity index (χ4n) is 4.15. The SMILES string of the molecule is CCc1occc1C(=O)N1CCC[C@H]2CN(c3nccc(OC)n3)C[C@H]21. The van der Waals surface area contributed by atoms with Crippen LogP contribution < -0.4 is 9.64 Å². The summed E-state index contributed by atoms with van der Waals surface area (Å²) in [7, 11) is 1.60. The van der Waals surface area contributed by atoms with Crippen LogP contribution in [0.1, 0.15) is 35.9 Å². The van der Waals surface area contributed by atoms with Crippen molar-refractivity contribution in [3.8, 4) is 5.88 Å². The Kier molecular flexibility index (Phi) is 4.53.